The minimum absolute atomic E-state index is 0. The molecule has 0 spiro atoms. The van der Waals surface area contributed by atoms with E-state index in [4.69, 9.17) is 14.2 Å². The fourth-order valence-electron chi connectivity index (χ4n) is 2.19. The third-order valence-corrected chi connectivity index (χ3v) is 3.54. The van der Waals surface area contributed by atoms with E-state index < -0.39 is 11.9 Å². The van der Waals surface area contributed by atoms with Gasteiger partial charge in [0, 0.05) is 32.0 Å². The van der Waals surface area contributed by atoms with Gasteiger partial charge in [-0.05, 0) is 30.0 Å². The van der Waals surface area contributed by atoms with Gasteiger partial charge in [0.2, 0.25) is 0 Å². The summed E-state index contributed by atoms with van der Waals surface area (Å²) in [5.74, 6) is -0.269. The Labute approximate surface area is 150 Å². The molecule has 1 atom stereocenters. The fourth-order valence-corrected chi connectivity index (χ4v) is 2.19. The molecule has 23 heavy (non-hydrogen) atoms. The number of ether oxygens (including phenoxy) is 3. The predicted octanol–water partition coefficient (Wildman–Crippen LogP) is -1.32. The molecule has 1 rings (SSSR count). The minimum atomic E-state index is -1.02. The molecular formula is C17H25LiO5. The first-order valence-electron chi connectivity index (χ1n) is 7.49. The van der Waals surface area contributed by atoms with Crippen LogP contribution in [0.15, 0.2) is 18.2 Å². The Bertz CT molecular complexity index is 476. The maximum Gasteiger partial charge on any atom is 1.00 e. The second-order valence-electron chi connectivity index (χ2n) is 5.55. The van der Waals surface area contributed by atoms with Crippen LogP contribution in [-0.2, 0) is 16.0 Å². The van der Waals surface area contributed by atoms with Crippen molar-refractivity contribution in [3.8, 4) is 11.5 Å². The number of benzene rings is 1. The van der Waals surface area contributed by atoms with Gasteiger partial charge in [0.15, 0.2) is 11.5 Å². The SMILES string of the molecule is COCCCOc1cc(CC(C(=O)[O-])C(C)C)ccc1OC.[Li+]. The van der Waals surface area contributed by atoms with Crippen molar-refractivity contribution in [1.82, 2.24) is 0 Å². The zero-order valence-corrected chi connectivity index (χ0v) is 14.8. The van der Waals surface area contributed by atoms with E-state index in [0.29, 0.717) is 31.1 Å². The standard InChI is InChI=1S/C17H26O5.Li/c1-12(2)14(17(18)19)10-13-6-7-15(21-4)16(11-13)22-9-5-8-20-3;/h6-7,11-12,14H,5,8-10H2,1-4H3,(H,18,19);/q;+1/p-1. The van der Waals surface area contributed by atoms with Crippen molar-refractivity contribution in [3.05, 3.63) is 23.8 Å². The summed E-state index contributed by atoms with van der Waals surface area (Å²) in [6.07, 6.45) is 1.19. The molecule has 0 aliphatic heterocycles. The van der Waals surface area contributed by atoms with Crippen LogP contribution in [-0.4, -0.2) is 33.4 Å². The Kier molecular flexibility index (Phi) is 10.8. The Balaban J connectivity index is 0.00000484. The number of methoxy groups -OCH3 is 2. The molecule has 0 saturated carbocycles. The number of hydrogen-bond donors (Lipinski definition) is 0. The second kappa shape index (κ2) is 11.4. The largest absolute Gasteiger partial charge is 1.00 e. The summed E-state index contributed by atoms with van der Waals surface area (Å²) < 4.78 is 16.0. The summed E-state index contributed by atoms with van der Waals surface area (Å²) in [5.41, 5.74) is 0.894. The molecule has 0 fully saturated rings. The zero-order valence-electron chi connectivity index (χ0n) is 14.8. The number of carbonyl (C=O) groups excluding carboxylic acids is 1. The molecule has 0 aliphatic carbocycles. The van der Waals surface area contributed by atoms with Crippen LogP contribution in [0.2, 0.25) is 0 Å². The average Bonchev–Trinajstić information content (AvgIpc) is 2.48. The van der Waals surface area contributed by atoms with Gasteiger partial charge in [-0.3, -0.25) is 0 Å². The van der Waals surface area contributed by atoms with Crippen LogP contribution < -0.4 is 33.4 Å². The summed E-state index contributed by atoms with van der Waals surface area (Å²) in [6.45, 7) is 4.90. The van der Waals surface area contributed by atoms with Crippen molar-refractivity contribution >= 4 is 5.97 Å². The molecule has 0 aliphatic rings. The molecule has 0 N–H and O–H groups in total. The van der Waals surface area contributed by atoms with Gasteiger partial charge in [0.05, 0.1) is 13.7 Å². The van der Waals surface area contributed by atoms with Gasteiger partial charge in [-0.2, -0.15) is 0 Å². The second-order valence-corrected chi connectivity index (χ2v) is 5.55. The van der Waals surface area contributed by atoms with Crippen LogP contribution in [0.3, 0.4) is 0 Å². The summed E-state index contributed by atoms with van der Waals surface area (Å²) in [4.78, 5) is 11.2. The summed E-state index contributed by atoms with van der Waals surface area (Å²) in [5, 5.41) is 11.2. The van der Waals surface area contributed by atoms with E-state index in [1.165, 1.54) is 0 Å². The van der Waals surface area contributed by atoms with E-state index >= 15 is 0 Å². The summed E-state index contributed by atoms with van der Waals surface area (Å²) in [7, 11) is 3.22. The first-order chi connectivity index (χ1) is 10.5. The van der Waals surface area contributed by atoms with E-state index in [1.807, 2.05) is 26.0 Å². The first-order valence-corrected chi connectivity index (χ1v) is 7.49. The molecule has 0 amide bonds. The van der Waals surface area contributed by atoms with Gasteiger partial charge in [0.1, 0.15) is 0 Å². The van der Waals surface area contributed by atoms with Crippen LogP contribution >= 0.6 is 0 Å². The van der Waals surface area contributed by atoms with Crippen molar-refractivity contribution in [2.24, 2.45) is 11.8 Å². The van der Waals surface area contributed by atoms with E-state index in [0.717, 1.165) is 12.0 Å². The fraction of sp³-hybridized carbons (Fsp3) is 0.588. The third-order valence-electron chi connectivity index (χ3n) is 3.54. The van der Waals surface area contributed by atoms with Crippen molar-refractivity contribution in [2.45, 2.75) is 26.7 Å². The third kappa shape index (κ3) is 7.30. The Morgan fingerprint density at radius 2 is 1.87 bits per heavy atom. The Morgan fingerprint density at radius 3 is 2.39 bits per heavy atom. The number of carboxylic acids is 1. The molecule has 1 aromatic rings. The van der Waals surface area contributed by atoms with Crippen molar-refractivity contribution < 1.29 is 43.0 Å². The molecule has 0 radical (unpaired) electrons. The molecule has 1 aromatic carbocycles. The number of carbonyl (C=O) groups is 1. The molecule has 0 saturated heterocycles. The summed E-state index contributed by atoms with van der Waals surface area (Å²) >= 11 is 0. The molecule has 0 aromatic heterocycles. The molecular weight excluding hydrogens is 291 g/mol. The smallest absolute Gasteiger partial charge is 0.550 e. The quantitative estimate of drug-likeness (QED) is 0.396. The molecule has 1 unspecified atom stereocenters. The normalized spacial score (nSPS) is 11.7. The van der Waals surface area contributed by atoms with Gasteiger partial charge in [-0.15, -0.1) is 0 Å². The van der Waals surface area contributed by atoms with E-state index in [9.17, 15) is 9.90 Å². The molecule has 124 valence electrons. The van der Waals surface area contributed by atoms with Gasteiger partial charge >= 0.3 is 18.9 Å². The van der Waals surface area contributed by atoms with Gasteiger partial charge in [-0.1, -0.05) is 19.9 Å². The Hall–Kier alpha value is -1.15. The maximum absolute atomic E-state index is 11.2. The number of hydrogen-bond acceptors (Lipinski definition) is 5. The van der Waals surface area contributed by atoms with Crippen LogP contribution in [0.4, 0.5) is 0 Å². The van der Waals surface area contributed by atoms with Crippen molar-refractivity contribution in [2.75, 3.05) is 27.4 Å². The number of carboxylic acid groups (broad SMARTS) is 1. The van der Waals surface area contributed by atoms with Gasteiger partial charge in [0.25, 0.3) is 0 Å². The van der Waals surface area contributed by atoms with Crippen LogP contribution in [0.1, 0.15) is 25.8 Å². The maximum atomic E-state index is 11.2. The van der Waals surface area contributed by atoms with Gasteiger partial charge in [-0.25, -0.2) is 0 Å². The average molecular weight is 316 g/mol. The monoisotopic (exact) mass is 316 g/mol. The van der Waals surface area contributed by atoms with Gasteiger partial charge < -0.3 is 24.1 Å². The van der Waals surface area contributed by atoms with Crippen molar-refractivity contribution in [3.63, 3.8) is 0 Å². The van der Waals surface area contributed by atoms with E-state index in [-0.39, 0.29) is 24.8 Å². The van der Waals surface area contributed by atoms with Crippen LogP contribution in [0.25, 0.3) is 0 Å². The number of aliphatic carboxylic acids is 1. The molecule has 0 heterocycles. The first kappa shape index (κ1) is 21.8. The van der Waals surface area contributed by atoms with Crippen LogP contribution in [0, 0.1) is 11.8 Å². The van der Waals surface area contributed by atoms with E-state index in [1.54, 1.807) is 20.3 Å². The topological polar surface area (TPSA) is 67.8 Å². The minimum Gasteiger partial charge on any atom is -0.550 e. The predicted molar refractivity (Wildman–Crippen MR) is 82.0 cm³/mol. The zero-order chi connectivity index (χ0) is 16.5. The van der Waals surface area contributed by atoms with Crippen LogP contribution in [0.5, 0.6) is 11.5 Å². The van der Waals surface area contributed by atoms with E-state index in [2.05, 4.69) is 0 Å². The Morgan fingerprint density at radius 1 is 1.17 bits per heavy atom. The summed E-state index contributed by atoms with van der Waals surface area (Å²) in [6, 6.07) is 5.50. The molecule has 6 heteroatoms. The molecule has 0 bridgehead atoms. The molecule has 5 nitrogen and oxygen atoms in total. The number of rotatable bonds is 10. The van der Waals surface area contributed by atoms with Crippen molar-refractivity contribution in [1.29, 1.82) is 0 Å².